The molecular weight excluding hydrogens is 206 g/mol. The van der Waals surface area contributed by atoms with E-state index in [1.165, 1.54) is 18.3 Å². The van der Waals surface area contributed by atoms with E-state index in [1.807, 2.05) is 6.07 Å². The van der Waals surface area contributed by atoms with Gasteiger partial charge in [-0.2, -0.15) is 5.26 Å². The van der Waals surface area contributed by atoms with Gasteiger partial charge in [0.15, 0.2) is 0 Å². The summed E-state index contributed by atoms with van der Waals surface area (Å²) in [5.41, 5.74) is 0.405. The Bertz CT molecular complexity index is 471. The van der Waals surface area contributed by atoms with Crippen LogP contribution in [0.2, 0.25) is 0 Å². The van der Waals surface area contributed by atoms with Crippen molar-refractivity contribution in [3.05, 3.63) is 23.9 Å². The summed E-state index contributed by atoms with van der Waals surface area (Å²) in [7, 11) is 0. The van der Waals surface area contributed by atoms with Crippen LogP contribution >= 0.6 is 0 Å². The maximum Gasteiger partial charge on any atom is 0.327 e. The molecule has 1 atom stereocenters. The van der Waals surface area contributed by atoms with E-state index in [9.17, 15) is 4.79 Å². The maximum atomic E-state index is 10.8. The minimum absolute atomic E-state index is 0.0494. The van der Waals surface area contributed by atoms with Crippen LogP contribution < -0.4 is 5.32 Å². The summed E-state index contributed by atoms with van der Waals surface area (Å²) < 4.78 is 0. The van der Waals surface area contributed by atoms with Crippen LogP contribution in [0.25, 0.3) is 0 Å². The Labute approximate surface area is 92.7 Å². The van der Waals surface area contributed by atoms with E-state index in [1.54, 1.807) is 0 Å². The van der Waals surface area contributed by atoms with Crippen LogP contribution in [0.1, 0.15) is 12.0 Å². The molecular formula is C11H9N3O2. The Morgan fingerprint density at radius 1 is 1.75 bits per heavy atom. The summed E-state index contributed by atoms with van der Waals surface area (Å²) in [5.74, 6) is 1.53. The van der Waals surface area contributed by atoms with Crippen LogP contribution in [0.5, 0.6) is 0 Å². The van der Waals surface area contributed by atoms with Crippen molar-refractivity contribution in [2.24, 2.45) is 0 Å². The number of carboxylic acid groups (broad SMARTS) is 1. The molecule has 0 amide bonds. The molecule has 1 aromatic rings. The third kappa shape index (κ3) is 3.00. The van der Waals surface area contributed by atoms with Crippen molar-refractivity contribution in [1.82, 2.24) is 4.98 Å². The minimum atomic E-state index is -1.05. The number of terminal acetylenes is 1. The molecule has 1 unspecified atom stereocenters. The second-order valence-corrected chi connectivity index (χ2v) is 2.98. The second-order valence-electron chi connectivity index (χ2n) is 2.98. The molecule has 2 N–H and O–H groups in total. The normalized spacial score (nSPS) is 10.9. The van der Waals surface area contributed by atoms with Gasteiger partial charge in [0.05, 0.1) is 11.6 Å². The summed E-state index contributed by atoms with van der Waals surface area (Å²) in [4.78, 5) is 14.7. The molecule has 0 spiro atoms. The van der Waals surface area contributed by atoms with Crippen molar-refractivity contribution in [1.29, 1.82) is 5.26 Å². The van der Waals surface area contributed by atoms with Crippen molar-refractivity contribution in [3.63, 3.8) is 0 Å². The molecule has 1 heterocycles. The smallest absolute Gasteiger partial charge is 0.327 e. The van der Waals surface area contributed by atoms with Crippen molar-refractivity contribution >= 4 is 11.8 Å². The Kier molecular flexibility index (Phi) is 3.88. The molecule has 0 aliphatic carbocycles. The first-order valence-corrected chi connectivity index (χ1v) is 4.46. The number of pyridine rings is 1. The van der Waals surface area contributed by atoms with Gasteiger partial charge >= 0.3 is 5.97 Å². The first-order chi connectivity index (χ1) is 7.67. The Morgan fingerprint density at radius 2 is 2.50 bits per heavy atom. The fourth-order valence-corrected chi connectivity index (χ4v) is 1.08. The molecule has 0 saturated heterocycles. The molecule has 80 valence electrons. The van der Waals surface area contributed by atoms with E-state index < -0.39 is 12.0 Å². The number of anilines is 1. The molecule has 5 nitrogen and oxygen atoms in total. The number of hydrogen-bond donors (Lipinski definition) is 2. The standard InChI is InChI=1S/C11H9N3O2/c1-2-3-9(11(15)16)14-10-6-8(7-12)4-5-13-10/h1,4-6,9H,3H2,(H,13,14)(H,15,16). The number of nitriles is 1. The molecule has 0 radical (unpaired) electrons. The van der Waals surface area contributed by atoms with Crippen molar-refractivity contribution in [2.75, 3.05) is 5.32 Å². The monoisotopic (exact) mass is 215 g/mol. The van der Waals surface area contributed by atoms with E-state index in [2.05, 4.69) is 16.2 Å². The second kappa shape index (κ2) is 5.38. The van der Waals surface area contributed by atoms with E-state index in [4.69, 9.17) is 16.8 Å². The van der Waals surface area contributed by atoms with Gasteiger partial charge in [-0.05, 0) is 12.1 Å². The lowest BCUT2D eigenvalue weighted by Gasteiger charge is -2.11. The fourth-order valence-electron chi connectivity index (χ4n) is 1.08. The third-order valence-corrected chi connectivity index (χ3v) is 1.83. The number of rotatable bonds is 4. The zero-order valence-electron chi connectivity index (χ0n) is 8.34. The van der Waals surface area contributed by atoms with E-state index in [-0.39, 0.29) is 6.42 Å². The van der Waals surface area contributed by atoms with E-state index in [0.717, 1.165) is 0 Å². The Balaban J connectivity index is 2.82. The number of carbonyl (C=O) groups is 1. The van der Waals surface area contributed by atoms with Gasteiger partial charge in [-0.25, -0.2) is 9.78 Å². The molecule has 0 bridgehead atoms. The number of nitrogens with zero attached hydrogens (tertiary/aromatic N) is 2. The Morgan fingerprint density at radius 3 is 3.06 bits per heavy atom. The zero-order valence-corrected chi connectivity index (χ0v) is 8.34. The van der Waals surface area contributed by atoms with Crippen molar-refractivity contribution in [3.8, 4) is 18.4 Å². The summed E-state index contributed by atoms with van der Waals surface area (Å²) >= 11 is 0. The maximum absolute atomic E-state index is 10.8. The fraction of sp³-hybridized carbons (Fsp3) is 0.182. The molecule has 1 aromatic heterocycles. The summed E-state index contributed by atoms with van der Waals surface area (Å²) in [6, 6.07) is 4.03. The number of hydrogen-bond acceptors (Lipinski definition) is 4. The predicted octanol–water partition coefficient (Wildman–Crippen LogP) is 0.842. The molecule has 0 saturated carbocycles. The quantitative estimate of drug-likeness (QED) is 0.727. The van der Waals surface area contributed by atoms with Crippen LogP contribution in [0.3, 0.4) is 0 Å². The highest BCUT2D eigenvalue weighted by atomic mass is 16.4. The SMILES string of the molecule is C#CCC(Nc1cc(C#N)ccn1)C(=O)O. The van der Waals surface area contributed by atoms with Gasteiger partial charge in [0, 0.05) is 12.6 Å². The highest BCUT2D eigenvalue weighted by Gasteiger charge is 2.16. The summed E-state index contributed by atoms with van der Waals surface area (Å²) in [6.07, 6.45) is 6.53. The number of aliphatic carboxylic acids is 1. The lowest BCUT2D eigenvalue weighted by atomic mass is 10.2. The van der Waals surface area contributed by atoms with Gasteiger partial charge in [-0.15, -0.1) is 12.3 Å². The van der Waals surface area contributed by atoms with E-state index >= 15 is 0 Å². The highest BCUT2D eigenvalue weighted by molar-refractivity contribution is 5.77. The molecule has 16 heavy (non-hydrogen) atoms. The van der Waals surface area contributed by atoms with Crippen LogP contribution in [0, 0.1) is 23.7 Å². The van der Waals surface area contributed by atoms with Gasteiger partial charge in [0.25, 0.3) is 0 Å². The molecule has 0 fully saturated rings. The molecule has 5 heteroatoms. The van der Waals surface area contributed by atoms with E-state index in [0.29, 0.717) is 11.4 Å². The molecule has 0 aromatic carbocycles. The average Bonchev–Trinajstić information content (AvgIpc) is 2.28. The first-order valence-electron chi connectivity index (χ1n) is 4.46. The predicted molar refractivity (Wildman–Crippen MR) is 57.4 cm³/mol. The van der Waals surface area contributed by atoms with Crippen LogP contribution in [0.15, 0.2) is 18.3 Å². The molecule has 0 aliphatic rings. The minimum Gasteiger partial charge on any atom is -0.480 e. The summed E-state index contributed by atoms with van der Waals surface area (Å²) in [5, 5.41) is 20.1. The highest BCUT2D eigenvalue weighted by Crippen LogP contribution is 2.08. The topological polar surface area (TPSA) is 86.0 Å². The number of nitrogens with one attached hydrogen (secondary N) is 1. The third-order valence-electron chi connectivity index (χ3n) is 1.83. The average molecular weight is 215 g/mol. The number of carboxylic acids is 1. The van der Waals surface area contributed by atoms with Gasteiger partial charge in [0.1, 0.15) is 11.9 Å². The zero-order chi connectivity index (χ0) is 12.0. The largest absolute Gasteiger partial charge is 0.480 e. The number of aromatic nitrogens is 1. The molecule has 1 rings (SSSR count). The van der Waals surface area contributed by atoms with Crippen LogP contribution in [-0.2, 0) is 4.79 Å². The Hall–Kier alpha value is -2.53. The summed E-state index contributed by atoms with van der Waals surface area (Å²) in [6.45, 7) is 0. The van der Waals surface area contributed by atoms with Crippen LogP contribution in [0.4, 0.5) is 5.82 Å². The lowest BCUT2D eigenvalue weighted by Crippen LogP contribution is -2.29. The van der Waals surface area contributed by atoms with Crippen molar-refractivity contribution < 1.29 is 9.90 Å². The van der Waals surface area contributed by atoms with Crippen molar-refractivity contribution in [2.45, 2.75) is 12.5 Å². The van der Waals surface area contributed by atoms with Gasteiger partial charge in [0.2, 0.25) is 0 Å². The van der Waals surface area contributed by atoms with Gasteiger partial charge in [-0.3, -0.25) is 0 Å². The lowest BCUT2D eigenvalue weighted by molar-refractivity contribution is -0.137. The van der Waals surface area contributed by atoms with Gasteiger partial charge < -0.3 is 10.4 Å². The molecule has 0 aliphatic heterocycles. The van der Waals surface area contributed by atoms with Crippen LogP contribution in [-0.4, -0.2) is 22.1 Å². The first kappa shape index (κ1) is 11.5. The van der Waals surface area contributed by atoms with Gasteiger partial charge in [-0.1, -0.05) is 0 Å².